The van der Waals surface area contributed by atoms with Crippen molar-refractivity contribution < 1.29 is 9.18 Å². The first-order valence-electron chi connectivity index (χ1n) is 8.18. The van der Waals surface area contributed by atoms with Crippen LogP contribution in [-0.2, 0) is 13.1 Å². The van der Waals surface area contributed by atoms with Gasteiger partial charge in [0.2, 0.25) is 0 Å². The third kappa shape index (κ3) is 4.75. The second-order valence-corrected chi connectivity index (χ2v) is 6.25. The fraction of sp³-hybridized carbons (Fsp3) is 0.438. The molecular formula is C16H20ClFN6O. The Hall–Kier alpha value is -2.03. The van der Waals surface area contributed by atoms with Crippen LogP contribution in [0, 0.1) is 5.82 Å². The molecule has 1 aliphatic heterocycles. The second-order valence-electron chi connectivity index (χ2n) is 5.84. The minimum Gasteiger partial charge on any atom is -0.346 e. The molecule has 0 bridgehead atoms. The Morgan fingerprint density at radius 3 is 2.88 bits per heavy atom. The highest BCUT2D eigenvalue weighted by molar-refractivity contribution is 6.31. The zero-order valence-corrected chi connectivity index (χ0v) is 14.5. The Balaban J connectivity index is 1.52. The van der Waals surface area contributed by atoms with Crippen LogP contribution < -0.4 is 10.6 Å². The van der Waals surface area contributed by atoms with Crippen molar-refractivity contribution in [1.82, 2.24) is 30.5 Å². The Bertz CT molecular complexity index is 711. The topological polar surface area (TPSA) is 75.1 Å². The number of benzene rings is 1. The molecule has 1 aromatic carbocycles. The fourth-order valence-electron chi connectivity index (χ4n) is 2.65. The lowest BCUT2D eigenvalue weighted by Gasteiger charge is -2.26. The molecule has 1 saturated heterocycles. The first kappa shape index (κ1) is 17.8. The van der Waals surface area contributed by atoms with Crippen molar-refractivity contribution in [2.24, 2.45) is 0 Å². The van der Waals surface area contributed by atoms with E-state index in [0.29, 0.717) is 6.54 Å². The first-order valence-corrected chi connectivity index (χ1v) is 8.55. The number of hydrogen-bond acceptors (Lipinski definition) is 5. The number of aromatic nitrogens is 3. The van der Waals surface area contributed by atoms with Crippen molar-refractivity contribution in [1.29, 1.82) is 0 Å². The van der Waals surface area contributed by atoms with Gasteiger partial charge in [-0.3, -0.25) is 14.4 Å². The van der Waals surface area contributed by atoms with Crippen molar-refractivity contribution in [2.45, 2.75) is 13.1 Å². The summed E-state index contributed by atoms with van der Waals surface area (Å²) in [5, 5.41) is 14.1. The summed E-state index contributed by atoms with van der Waals surface area (Å²) < 4.78 is 15.4. The number of carbonyl (C=O) groups is 1. The Morgan fingerprint density at radius 1 is 1.32 bits per heavy atom. The molecular weight excluding hydrogens is 347 g/mol. The Morgan fingerprint density at radius 2 is 2.12 bits per heavy atom. The molecule has 1 aromatic heterocycles. The van der Waals surface area contributed by atoms with Gasteiger partial charge in [-0.15, -0.1) is 5.10 Å². The average Bonchev–Trinajstić information content (AvgIpc) is 3.09. The third-order valence-electron chi connectivity index (χ3n) is 4.11. The Kier molecular flexibility index (Phi) is 5.95. The van der Waals surface area contributed by atoms with E-state index >= 15 is 0 Å². The predicted molar refractivity (Wildman–Crippen MR) is 91.9 cm³/mol. The molecule has 9 heteroatoms. The van der Waals surface area contributed by atoms with Crippen molar-refractivity contribution in [3.05, 3.63) is 46.5 Å². The lowest BCUT2D eigenvalue weighted by atomic mass is 10.2. The maximum atomic E-state index is 13.7. The van der Waals surface area contributed by atoms with Crippen molar-refractivity contribution in [3.8, 4) is 0 Å². The van der Waals surface area contributed by atoms with E-state index in [1.165, 1.54) is 12.1 Å². The van der Waals surface area contributed by atoms with Gasteiger partial charge in [-0.1, -0.05) is 22.9 Å². The lowest BCUT2D eigenvalue weighted by molar-refractivity contribution is 0.0945. The molecule has 0 radical (unpaired) electrons. The van der Waals surface area contributed by atoms with E-state index in [9.17, 15) is 9.18 Å². The monoisotopic (exact) mass is 366 g/mol. The van der Waals surface area contributed by atoms with Gasteiger partial charge in [0.1, 0.15) is 5.82 Å². The van der Waals surface area contributed by atoms with Gasteiger partial charge in [-0.2, -0.15) is 0 Å². The normalized spacial score (nSPS) is 15.3. The standard InChI is InChI=1S/C16H20ClFN6O/c17-13-2-1-3-14(18)12(13)10-20-16(25)15-11-24(22-21-15)9-8-23-6-4-19-5-7-23/h1-3,11,19H,4-10H2,(H,20,25). The summed E-state index contributed by atoms with van der Waals surface area (Å²) in [5.74, 6) is -0.861. The van der Waals surface area contributed by atoms with Crippen molar-refractivity contribution in [2.75, 3.05) is 32.7 Å². The van der Waals surface area contributed by atoms with E-state index in [1.54, 1.807) is 16.9 Å². The average molecular weight is 367 g/mol. The van der Waals surface area contributed by atoms with Crippen LogP contribution in [0.5, 0.6) is 0 Å². The SMILES string of the molecule is O=C(NCc1c(F)cccc1Cl)c1cn(CCN2CCNCC2)nn1. The van der Waals surface area contributed by atoms with Crippen LogP contribution in [-0.4, -0.2) is 58.5 Å². The van der Waals surface area contributed by atoms with Crippen LogP contribution in [0.2, 0.25) is 5.02 Å². The fourth-order valence-corrected chi connectivity index (χ4v) is 2.88. The van der Waals surface area contributed by atoms with Gasteiger partial charge >= 0.3 is 0 Å². The van der Waals surface area contributed by atoms with E-state index in [-0.39, 0.29) is 22.8 Å². The molecule has 2 aromatic rings. The number of piperazine rings is 1. The van der Waals surface area contributed by atoms with Crippen LogP contribution in [0.3, 0.4) is 0 Å². The molecule has 0 atom stereocenters. The van der Waals surface area contributed by atoms with Gasteiger partial charge in [0, 0.05) is 49.9 Å². The van der Waals surface area contributed by atoms with E-state index in [4.69, 9.17) is 11.6 Å². The number of carbonyl (C=O) groups excluding carboxylic acids is 1. The molecule has 0 unspecified atom stereocenters. The molecule has 25 heavy (non-hydrogen) atoms. The van der Waals surface area contributed by atoms with E-state index in [0.717, 1.165) is 32.7 Å². The molecule has 1 amide bonds. The minimum atomic E-state index is -0.451. The molecule has 0 saturated carbocycles. The largest absolute Gasteiger partial charge is 0.346 e. The van der Waals surface area contributed by atoms with Gasteiger partial charge in [-0.25, -0.2) is 4.39 Å². The third-order valence-corrected chi connectivity index (χ3v) is 4.47. The predicted octanol–water partition coefficient (Wildman–Crippen LogP) is 0.906. The van der Waals surface area contributed by atoms with E-state index in [1.807, 2.05) is 0 Å². The highest BCUT2D eigenvalue weighted by Gasteiger charge is 2.14. The number of halogens is 2. The molecule has 2 N–H and O–H groups in total. The number of nitrogens with one attached hydrogen (secondary N) is 2. The molecule has 7 nitrogen and oxygen atoms in total. The van der Waals surface area contributed by atoms with Crippen LogP contribution in [0.4, 0.5) is 4.39 Å². The van der Waals surface area contributed by atoms with Gasteiger partial charge in [0.05, 0.1) is 12.7 Å². The maximum absolute atomic E-state index is 13.7. The molecule has 0 spiro atoms. The smallest absolute Gasteiger partial charge is 0.273 e. The summed E-state index contributed by atoms with van der Waals surface area (Å²) in [7, 11) is 0. The summed E-state index contributed by atoms with van der Waals surface area (Å²) in [6.07, 6.45) is 1.60. The van der Waals surface area contributed by atoms with Crippen molar-refractivity contribution in [3.63, 3.8) is 0 Å². The number of rotatable bonds is 6. The van der Waals surface area contributed by atoms with Crippen LogP contribution in [0.15, 0.2) is 24.4 Å². The van der Waals surface area contributed by atoms with Crippen LogP contribution in [0.1, 0.15) is 16.1 Å². The lowest BCUT2D eigenvalue weighted by Crippen LogP contribution is -2.44. The highest BCUT2D eigenvalue weighted by Crippen LogP contribution is 2.18. The molecule has 134 valence electrons. The zero-order chi connectivity index (χ0) is 17.6. The van der Waals surface area contributed by atoms with Gasteiger partial charge < -0.3 is 10.6 Å². The summed E-state index contributed by atoms with van der Waals surface area (Å²) in [6.45, 7) is 5.51. The van der Waals surface area contributed by atoms with Gasteiger partial charge in [-0.05, 0) is 12.1 Å². The number of hydrogen-bond donors (Lipinski definition) is 2. The molecule has 2 heterocycles. The Labute approximate surface area is 150 Å². The summed E-state index contributed by atoms with van der Waals surface area (Å²) in [5.41, 5.74) is 0.455. The van der Waals surface area contributed by atoms with Crippen LogP contribution >= 0.6 is 11.6 Å². The van der Waals surface area contributed by atoms with Crippen LogP contribution in [0.25, 0.3) is 0 Å². The first-order chi connectivity index (χ1) is 12.1. The van der Waals surface area contributed by atoms with E-state index in [2.05, 4.69) is 25.8 Å². The van der Waals surface area contributed by atoms with E-state index < -0.39 is 11.7 Å². The maximum Gasteiger partial charge on any atom is 0.273 e. The second kappa shape index (κ2) is 8.37. The molecule has 0 aliphatic carbocycles. The zero-order valence-electron chi connectivity index (χ0n) is 13.7. The number of nitrogens with zero attached hydrogens (tertiary/aromatic N) is 4. The molecule has 1 fully saturated rings. The van der Waals surface area contributed by atoms with Crippen molar-refractivity contribution >= 4 is 17.5 Å². The number of amides is 1. The molecule has 1 aliphatic rings. The summed E-state index contributed by atoms with van der Waals surface area (Å²) >= 11 is 5.95. The quantitative estimate of drug-likeness (QED) is 0.794. The molecule has 3 rings (SSSR count). The highest BCUT2D eigenvalue weighted by atomic mass is 35.5. The van der Waals surface area contributed by atoms with Gasteiger partial charge in [0.15, 0.2) is 5.69 Å². The summed E-state index contributed by atoms with van der Waals surface area (Å²) in [4.78, 5) is 14.5. The minimum absolute atomic E-state index is 0.00201. The van der Waals surface area contributed by atoms with Gasteiger partial charge in [0.25, 0.3) is 5.91 Å². The summed E-state index contributed by atoms with van der Waals surface area (Å²) in [6, 6.07) is 4.41.